The summed E-state index contributed by atoms with van der Waals surface area (Å²) < 4.78 is 11.6. The van der Waals surface area contributed by atoms with E-state index in [1.807, 2.05) is 18.2 Å². The molecule has 2 rings (SSSR count). The molecule has 0 N–H and O–H groups in total. The van der Waals surface area contributed by atoms with Crippen molar-refractivity contribution in [3.8, 4) is 5.75 Å². The van der Waals surface area contributed by atoms with Gasteiger partial charge < -0.3 is 9.47 Å². The van der Waals surface area contributed by atoms with Gasteiger partial charge in [0, 0.05) is 15.6 Å². The van der Waals surface area contributed by atoms with Gasteiger partial charge >= 0.3 is 5.97 Å². The first-order valence-corrected chi connectivity index (χ1v) is 6.11. The Balaban J connectivity index is 2.55. The quantitative estimate of drug-likeness (QED) is 0.771. The maximum absolute atomic E-state index is 11.3. The van der Waals surface area contributed by atoms with Gasteiger partial charge in [0.25, 0.3) is 0 Å². The van der Waals surface area contributed by atoms with Gasteiger partial charge in [-0.1, -0.05) is 15.9 Å². The number of methoxy groups -OCH3 is 1. The highest BCUT2D eigenvalue weighted by Gasteiger charge is 2.25. The minimum Gasteiger partial charge on any atom is -0.496 e. The van der Waals surface area contributed by atoms with Crippen molar-refractivity contribution in [1.29, 1.82) is 0 Å². The van der Waals surface area contributed by atoms with E-state index in [4.69, 9.17) is 9.47 Å². The van der Waals surface area contributed by atoms with E-state index >= 15 is 0 Å². The molecule has 0 unspecified atom stereocenters. The van der Waals surface area contributed by atoms with Crippen LogP contribution in [-0.2, 0) is 9.53 Å². The first-order valence-electron chi connectivity index (χ1n) is 4.53. The molecule has 1 aromatic carbocycles. The molecular formula is C11H8Br2O3. The number of carbonyl (C=O) groups excluding carboxylic acids is 1. The number of halogens is 2. The summed E-state index contributed by atoms with van der Waals surface area (Å²) in [5.41, 5.74) is 1.66. The largest absolute Gasteiger partial charge is 0.496 e. The lowest BCUT2D eigenvalue weighted by molar-refractivity contribution is -0.135. The van der Waals surface area contributed by atoms with Gasteiger partial charge in [-0.3, -0.25) is 0 Å². The third kappa shape index (κ3) is 2.01. The second-order valence-electron chi connectivity index (χ2n) is 3.21. The van der Waals surface area contributed by atoms with Crippen LogP contribution < -0.4 is 4.74 Å². The maximum Gasteiger partial charge on any atom is 0.346 e. The van der Waals surface area contributed by atoms with Crippen molar-refractivity contribution in [2.75, 3.05) is 13.7 Å². The SMILES string of the molecule is COc1ccc(Br)cc1C1=C(Br)C(=O)OC1. The van der Waals surface area contributed by atoms with E-state index in [0.29, 0.717) is 10.2 Å². The standard InChI is InChI=1S/C11H8Br2O3/c1-15-9-3-2-6(12)4-7(9)8-5-16-11(14)10(8)13/h2-4H,5H2,1H3. The van der Waals surface area contributed by atoms with Crippen LogP contribution >= 0.6 is 31.9 Å². The Bertz CT molecular complexity index is 480. The predicted molar refractivity (Wildman–Crippen MR) is 67.5 cm³/mol. The topological polar surface area (TPSA) is 35.5 Å². The molecule has 0 radical (unpaired) electrons. The van der Waals surface area contributed by atoms with Crippen molar-refractivity contribution in [1.82, 2.24) is 0 Å². The van der Waals surface area contributed by atoms with E-state index in [-0.39, 0.29) is 12.6 Å². The van der Waals surface area contributed by atoms with Gasteiger partial charge in [-0.15, -0.1) is 0 Å². The van der Waals surface area contributed by atoms with E-state index in [2.05, 4.69) is 31.9 Å². The summed E-state index contributed by atoms with van der Waals surface area (Å²) in [4.78, 5) is 11.3. The second kappa shape index (κ2) is 4.59. The van der Waals surface area contributed by atoms with Gasteiger partial charge in [-0.25, -0.2) is 4.79 Å². The smallest absolute Gasteiger partial charge is 0.346 e. The van der Waals surface area contributed by atoms with E-state index < -0.39 is 0 Å². The summed E-state index contributed by atoms with van der Waals surface area (Å²) in [6.07, 6.45) is 0. The number of hydrogen-bond acceptors (Lipinski definition) is 3. The van der Waals surface area contributed by atoms with Crippen LogP contribution in [0, 0.1) is 0 Å². The van der Waals surface area contributed by atoms with Crippen LogP contribution in [0.4, 0.5) is 0 Å². The zero-order valence-electron chi connectivity index (χ0n) is 8.42. The van der Waals surface area contributed by atoms with Gasteiger partial charge in [-0.05, 0) is 34.1 Å². The molecule has 0 aliphatic carbocycles. The summed E-state index contributed by atoms with van der Waals surface area (Å²) in [5, 5.41) is 0. The maximum atomic E-state index is 11.3. The van der Waals surface area contributed by atoms with Crippen LogP contribution in [0.1, 0.15) is 5.56 Å². The third-order valence-electron chi connectivity index (χ3n) is 2.28. The third-order valence-corrected chi connectivity index (χ3v) is 3.57. The summed E-state index contributed by atoms with van der Waals surface area (Å²) >= 11 is 6.62. The number of carbonyl (C=O) groups is 1. The fourth-order valence-corrected chi connectivity index (χ4v) is 2.30. The van der Waals surface area contributed by atoms with Crippen molar-refractivity contribution >= 4 is 43.4 Å². The molecule has 1 aliphatic heterocycles. The van der Waals surface area contributed by atoms with Gasteiger partial charge in [0.05, 0.1) is 7.11 Å². The van der Waals surface area contributed by atoms with Crippen LogP contribution in [0.25, 0.3) is 5.57 Å². The van der Waals surface area contributed by atoms with Crippen LogP contribution in [0.15, 0.2) is 27.2 Å². The van der Waals surface area contributed by atoms with Crippen molar-refractivity contribution < 1.29 is 14.3 Å². The fourth-order valence-electron chi connectivity index (χ4n) is 1.50. The van der Waals surface area contributed by atoms with Gasteiger partial charge in [-0.2, -0.15) is 0 Å². The van der Waals surface area contributed by atoms with Gasteiger partial charge in [0.2, 0.25) is 0 Å². The molecule has 0 fully saturated rings. The molecule has 1 aliphatic rings. The number of hydrogen-bond donors (Lipinski definition) is 0. The van der Waals surface area contributed by atoms with E-state index in [1.165, 1.54) is 0 Å². The molecule has 3 nitrogen and oxygen atoms in total. The highest BCUT2D eigenvalue weighted by molar-refractivity contribution is 9.12. The fraction of sp³-hybridized carbons (Fsp3) is 0.182. The Kier molecular flexibility index (Phi) is 3.35. The minimum absolute atomic E-state index is 0.270. The lowest BCUT2D eigenvalue weighted by Crippen LogP contribution is -1.94. The first-order chi connectivity index (χ1) is 7.63. The molecule has 1 aromatic rings. The Morgan fingerprint density at radius 2 is 2.12 bits per heavy atom. The van der Waals surface area contributed by atoms with Crippen molar-refractivity contribution in [2.24, 2.45) is 0 Å². The molecule has 0 bridgehead atoms. The van der Waals surface area contributed by atoms with Crippen LogP contribution in [-0.4, -0.2) is 19.7 Å². The highest BCUT2D eigenvalue weighted by Crippen LogP contribution is 2.36. The van der Waals surface area contributed by atoms with Gasteiger partial charge in [0.1, 0.15) is 16.8 Å². The first kappa shape index (κ1) is 11.7. The average Bonchev–Trinajstić information content (AvgIpc) is 2.60. The number of esters is 1. The zero-order valence-corrected chi connectivity index (χ0v) is 11.6. The molecule has 84 valence electrons. The Hall–Kier alpha value is -0.810. The van der Waals surface area contributed by atoms with Gasteiger partial charge in [0.15, 0.2) is 0 Å². The zero-order chi connectivity index (χ0) is 11.7. The van der Waals surface area contributed by atoms with E-state index in [9.17, 15) is 4.79 Å². The number of ether oxygens (including phenoxy) is 2. The monoisotopic (exact) mass is 346 g/mol. The highest BCUT2D eigenvalue weighted by atomic mass is 79.9. The molecular weight excluding hydrogens is 340 g/mol. The predicted octanol–water partition coefficient (Wildman–Crippen LogP) is 3.12. The Labute approximate surface area is 110 Å². The number of rotatable bonds is 2. The molecule has 16 heavy (non-hydrogen) atoms. The summed E-state index contributed by atoms with van der Waals surface area (Å²) in [6.45, 7) is 0.270. The molecule has 0 amide bonds. The molecule has 0 saturated carbocycles. The van der Waals surface area contributed by atoms with E-state index in [1.54, 1.807) is 7.11 Å². The van der Waals surface area contributed by atoms with Crippen molar-refractivity contribution in [2.45, 2.75) is 0 Å². The molecule has 0 saturated heterocycles. The number of cyclic esters (lactones) is 1. The minimum atomic E-state index is -0.336. The van der Waals surface area contributed by atoms with Crippen molar-refractivity contribution in [3.05, 3.63) is 32.7 Å². The average molecular weight is 348 g/mol. The molecule has 0 aromatic heterocycles. The second-order valence-corrected chi connectivity index (χ2v) is 4.92. The summed E-state index contributed by atoms with van der Waals surface area (Å²) in [6, 6.07) is 5.63. The van der Waals surface area contributed by atoms with Crippen LogP contribution in [0.2, 0.25) is 0 Å². The van der Waals surface area contributed by atoms with Crippen molar-refractivity contribution in [3.63, 3.8) is 0 Å². The number of benzene rings is 1. The lowest BCUT2D eigenvalue weighted by Gasteiger charge is -2.09. The molecule has 1 heterocycles. The Morgan fingerprint density at radius 3 is 2.69 bits per heavy atom. The molecule has 0 atom stereocenters. The molecule has 5 heteroatoms. The summed E-state index contributed by atoms with van der Waals surface area (Å²) in [5.74, 6) is 0.380. The lowest BCUT2D eigenvalue weighted by atomic mass is 10.1. The normalized spacial score (nSPS) is 15.3. The summed E-state index contributed by atoms with van der Waals surface area (Å²) in [7, 11) is 1.60. The Morgan fingerprint density at radius 1 is 1.38 bits per heavy atom. The molecule has 0 spiro atoms. The van der Waals surface area contributed by atoms with Crippen LogP contribution in [0.5, 0.6) is 5.75 Å². The van der Waals surface area contributed by atoms with E-state index in [0.717, 1.165) is 15.6 Å². The van der Waals surface area contributed by atoms with Crippen LogP contribution in [0.3, 0.4) is 0 Å².